The molecule has 0 saturated heterocycles. The summed E-state index contributed by atoms with van der Waals surface area (Å²) in [5, 5.41) is 0. The second-order valence-corrected chi connectivity index (χ2v) is 6.34. The molecule has 0 bridgehead atoms. The van der Waals surface area contributed by atoms with Gasteiger partial charge in [-0.25, -0.2) is 8.78 Å². The van der Waals surface area contributed by atoms with Crippen LogP contribution >= 0.6 is 0 Å². The molecule has 0 saturated carbocycles. The van der Waals surface area contributed by atoms with E-state index in [1.54, 1.807) is 49.4 Å². The smallest absolute Gasteiger partial charge is 0.201 e. The van der Waals surface area contributed by atoms with E-state index in [2.05, 4.69) is 0 Å². The molecule has 0 N–H and O–H groups in total. The van der Waals surface area contributed by atoms with Crippen LogP contribution in [0.25, 0.3) is 17.2 Å². The minimum atomic E-state index is -1.02. The second-order valence-electron chi connectivity index (χ2n) is 6.34. The summed E-state index contributed by atoms with van der Waals surface area (Å²) in [7, 11) is 0. The van der Waals surface area contributed by atoms with Gasteiger partial charge in [0.25, 0.3) is 0 Å². The Labute approximate surface area is 168 Å². The monoisotopic (exact) mass is 398 g/mol. The molecule has 3 aromatic carbocycles. The van der Waals surface area contributed by atoms with Gasteiger partial charge in [-0.3, -0.25) is 0 Å². The van der Waals surface area contributed by atoms with Crippen LogP contribution in [0.4, 0.5) is 13.2 Å². The van der Waals surface area contributed by atoms with Gasteiger partial charge in [-0.1, -0.05) is 36.4 Å². The third kappa shape index (κ3) is 4.80. The largest absolute Gasteiger partial charge is 0.494 e. The SMILES string of the molecule is C/C=C/c1ccc(OCc2ccc(-c3ccc(OCC)cc3F)cc2)c(F)c1F. The van der Waals surface area contributed by atoms with Gasteiger partial charge < -0.3 is 9.47 Å². The summed E-state index contributed by atoms with van der Waals surface area (Å²) in [4.78, 5) is 0. The number of allylic oxidation sites excluding steroid dienone is 1. The first-order chi connectivity index (χ1) is 14.0. The fourth-order valence-electron chi connectivity index (χ4n) is 2.89. The maximum atomic E-state index is 14.3. The van der Waals surface area contributed by atoms with Crippen LogP contribution in [0, 0.1) is 17.5 Å². The van der Waals surface area contributed by atoms with Crippen LogP contribution in [0.2, 0.25) is 0 Å². The molecule has 0 aliphatic carbocycles. The van der Waals surface area contributed by atoms with E-state index < -0.39 is 11.6 Å². The van der Waals surface area contributed by atoms with Crippen LogP contribution in [0.1, 0.15) is 25.0 Å². The molecule has 0 unspecified atom stereocenters. The van der Waals surface area contributed by atoms with Gasteiger partial charge in [-0.15, -0.1) is 0 Å². The molecule has 0 atom stereocenters. The summed E-state index contributed by atoms with van der Waals surface area (Å²) < 4.78 is 53.1. The zero-order valence-electron chi connectivity index (χ0n) is 16.2. The number of benzene rings is 3. The minimum absolute atomic E-state index is 0.0609. The van der Waals surface area contributed by atoms with Crippen molar-refractivity contribution in [3.8, 4) is 22.6 Å². The molecule has 0 amide bonds. The van der Waals surface area contributed by atoms with Crippen molar-refractivity contribution >= 4 is 6.08 Å². The van der Waals surface area contributed by atoms with E-state index in [-0.39, 0.29) is 23.7 Å². The second kappa shape index (κ2) is 9.32. The zero-order valence-corrected chi connectivity index (χ0v) is 16.2. The third-order valence-electron chi connectivity index (χ3n) is 4.33. The highest BCUT2D eigenvalue weighted by Crippen LogP contribution is 2.28. The maximum Gasteiger partial charge on any atom is 0.201 e. The lowest BCUT2D eigenvalue weighted by molar-refractivity contribution is 0.284. The van der Waals surface area contributed by atoms with E-state index >= 15 is 0 Å². The third-order valence-corrected chi connectivity index (χ3v) is 4.33. The number of ether oxygens (including phenoxy) is 2. The Kier molecular flexibility index (Phi) is 6.60. The van der Waals surface area contributed by atoms with Crippen LogP contribution < -0.4 is 9.47 Å². The van der Waals surface area contributed by atoms with Gasteiger partial charge in [0, 0.05) is 17.2 Å². The van der Waals surface area contributed by atoms with E-state index in [0.29, 0.717) is 23.5 Å². The van der Waals surface area contributed by atoms with Gasteiger partial charge in [0.2, 0.25) is 5.82 Å². The Balaban J connectivity index is 1.71. The average molecular weight is 398 g/mol. The lowest BCUT2D eigenvalue weighted by atomic mass is 10.0. The zero-order chi connectivity index (χ0) is 20.8. The lowest BCUT2D eigenvalue weighted by Crippen LogP contribution is -2.00. The van der Waals surface area contributed by atoms with E-state index in [0.717, 1.165) is 5.56 Å². The fourth-order valence-corrected chi connectivity index (χ4v) is 2.89. The Morgan fingerprint density at radius 3 is 2.28 bits per heavy atom. The first kappa shape index (κ1) is 20.5. The van der Waals surface area contributed by atoms with Gasteiger partial charge in [-0.05, 0) is 49.2 Å². The van der Waals surface area contributed by atoms with Crippen molar-refractivity contribution in [3.63, 3.8) is 0 Å². The highest BCUT2D eigenvalue weighted by atomic mass is 19.2. The van der Waals surface area contributed by atoms with Crippen molar-refractivity contribution in [2.24, 2.45) is 0 Å². The molecule has 0 aliphatic rings. The van der Waals surface area contributed by atoms with Crippen molar-refractivity contribution in [2.45, 2.75) is 20.5 Å². The first-order valence-electron chi connectivity index (χ1n) is 9.28. The normalized spacial score (nSPS) is 11.1. The van der Waals surface area contributed by atoms with Crippen molar-refractivity contribution in [1.29, 1.82) is 0 Å². The summed E-state index contributed by atoms with van der Waals surface area (Å²) in [6.07, 6.45) is 3.12. The fraction of sp³-hybridized carbons (Fsp3) is 0.167. The summed E-state index contributed by atoms with van der Waals surface area (Å²) in [5.41, 5.74) is 2.06. The molecule has 2 nitrogen and oxygen atoms in total. The van der Waals surface area contributed by atoms with Crippen LogP contribution in [-0.4, -0.2) is 6.61 Å². The number of hydrogen-bond acceptors (Lipinski definition) is 2. The summed E-state index contributed by atoms with van der Waals surface area (Å²) >= 11 is 0. The molecule has 3 aromatic rings. The molecule has 0 fully saturated rings. The molecular weight excluding hydrogens is 377 g/mol. The first-order valence-corrected chi connectivity index (χ1v) is 9.28. The van der Waals surface area contributed by atoms with Crippen LogP contribution in [-0.2, 0) is 6.61 Å². The van der Waals surface area contributed by atoms with Crippen LogP contribution in [0.3, 0.4) is 0 Å². The summed E-state index contributed by atoms with van der Waals surface area (Å²) in [5.74, 6) is -2.01. The molecule has 3 rings (SSSR count). The predicted octanol–water partition coefficient (Wildman–Crippen LogP) is 6.78. The summed E-state index contributed by atoms with van der Waals surface area (Å²) in [6.45, 7) is 4.09. The maximum absolute atomic E-state index is 14.3. The average Bonchev–Trinajstić information content (AvgIpc) is 2.72. The van der Waals surface area contributed by atoms with Gasteiger partial charge in [0.05, 0.1) is 6.61 Å². The molecule has 0 aromatic heterocycles. The number of hydrogen-bond donors (Lipinski definition) is 0. The van der Waals surface area contributed by atoms with Crippen molar-refractivity contribution < 1.29 is 22.6 Å². The van der Waals surface area contributed by atoms with Gasteiger partial charge in [0.1, 0.15) is 18.2 Å². The van der Waals surface area contributed by atoms with Gasteiger partial charge >= 0.3 is 0 Å². The van der Waals surface area contributed by atoms with E-state index in [9.17, 15) is 13.2 Å². The molecule has 0 spiro atoms. The predicted molar refractivity (Wildman–Crippen MR) is 108 cm³/mol. The van der Waals surface area contributed by atoms with Gasteiger partial charge in [-0.2, -0.15) is 4.39 Å². The molecular formula is C24H21F3O2. The quantitative estimate of drug-likeness (QED) is 0.437. The van der Waals surface area contributed by atoms with E-state index in [4.69, 9.17) is 9.47 Å². The number of halogens is 3. The topological polar surface area (TPSA) is 18.5 Å². The van der Waals surface area contributed by atoms with Gasteiger partial charge in [0.15, 0.2) is 11.6 Å². The molecule has 0 heterocycles. The molecule has 0 radical (unpaired) electrons. The van der Waals surface area contributed by atoms with E-state index in [1.165, 1.54) is 24.3 Å². The molecule has 29 heavy (non-hydrogen) atoms. The highest BCUT2D eigenvalue weighted by molar-refractivity contribution is 5.65. The van der Waals surface area contributed by atoms with Crippen LogP contribution in [0.15, 0.2) is 60.7 Å². The van der Waals surface area contributed by atoms with E-state index in [1.807, 2.05) is 6.92 Å². The Morgan fingerprint density at radius 1 is 0.862 bits per heavy atom. The molecule has 0 aliphatic heterocycles. The Bertz CT molecular complexity index is 1010. The molecule has 150 valence electrons. The Hall–Kier alpha value is -3.21. The molecule has 5 heteroatoms. The van der Waals surface area contributed by atoms with Crippen molar-refractivity contribution in [1.82, 2.24) is 0 Å². The highest BCUT2D eigenvalue weighted by Gasteiger charge is 2.13. The summed E-state index contributed by atoms with van der Waals surface area (Å²) in [6, 6.07) is 14.6. The number of rotatable bonds is 7. The Morgan fingerprint density at radius 2 is 1.62 bits per heavy atom. The minimum Gasteiger partial charge on any atom is -0.494 e. The van der Waals surface area contributed by atoms with Crippen LogP contribution in [0.5, 0.6) is 11.5 Å². The van der Waals surface area contributed by atoms with Crippen molar-refractivity contribution in [2.75, 3.05) is 6.61 Å². The standard InChI is InChI=1S/C24H21F3O2/c1-3-5-18-10-13-22(24(27)23(18)26)29-15-16-6-8-17(9-7-16)20-12-11-19(28-4-2)14-21(20)25/h3,5-14H,4,15H2,1-2H3/b5-3+. The lowest BCUT2D eigenvalue weighted by Gasteiger charge is -2.10. The van der Waals surface area contributed by atoms with Crippen molar-refractivity contribution in [3.05, 3.63) is 89.3 Å².